The second-order valence-corrected chi connectivity index (χ2v) is 9.55. The Labute approximate surface area is 204 Å². The van der Waals surface area contributed by atoms with E-state index in [1.165, 1.54) is 23.5 Å². The van der Waals surface area contributed by atoms with E-state index in [0.717, 1.165) is 23.4 Å². The molecule has 2 aromatic carbocycles. The fourth-order valence-electron chi connectivity index (χ4n) is 4.64. The minimum absolute atomic E-state index is 0.0147. The van der Waals surface area contributed by atoms with Gasteiger partial charge in [0.15, 0.2) is 5.01 Å². The van der Waals surface area contributed by atoms with E-state index in [2.05, 4.69) is 9.88 Å². The first kappa shape index (κ1) is 23.5. The fourth-order valence-corrected chi connectivity index (χ4v) is 5.24. The Bertz CT molecular complexity index is 1210. The van der Waals surface area contributed by atoms with Crippen molar-refractivity contribution in [1.29, 1.82) is 0 Å². The van der Waals surface area contributed by atoms with Crippen molar-refractivity contribution in [3.05, 3.63) is 70.7 Å². The molecule has 6 nitrogen and oxygen atoms in total. The average molecular weight is 501 g/mol. The van der Waals surface area contributed by atoms with Crippen LogP contribution in [0, 0.1) is 0 Å². The largest absolute Gasteiger partial charge is 0.416 e. The van der Waals surface area contributed by atoms with Crippen LogP contribution in [0.4, 0.5) is 18.9 Å². The Morgan fingerprint density at radius 2 is 1.74 bits per heavy atom. The fraction of sp³-hybridized carbons (Fsp3) is 0.320. The van der Waals surface area contributed by atoms with Crippen LogP contribution in [-0.2, 0) is 11.0 Å². The lowest BCUT2D eigenvalue weighted by Gasteiger charge is -2.37. The molecule has 0 saturated carbocycles. The average Bonchev–Trinajstić information content (AvgIpc) is 3.54. The quantitative estimate of drug-likeness (QED) is 0.533. The molecule has 1 unspecified atom stereocenters. The monoisotopic (exact) mass is 500 g/mol. The highest BCUT2D eigenvalue weighted by molar-refractivity contribution is 7.11. The van der Waals surface area contributed by atoms with Gasteiger partial charge in [0.1, 0.15) is 0 Å². The minimum Gasteiger partial charge on any atom is -0.334 e. The first-order valence-corrected chi connectivity index (χ1v) is 12.2. The van der Waals surface area contributed by atoms with Crippen LogP contribution in [0.3, 0.4) is 0 Å². The Kier molecular flexibility index (Phi) is 6.33. The minimum atomic E-state index is -4.38. The number of nitrogens with zero attached hydrogens (tertiary/aromatic N) is 4. The molecule has 1 atom stereocenters. The summed E-state index contributed by atoms with van der Waals surface area (Å²) < 4.78 is 38.6. The van der Waals surface area contributed by atoms with E-state index in [1.807, 2.05) is 24.3 Å². The van der Waals surface area contributed by atoms with E-state index in [-0.39, 0.29) is 17.9 Å². The molecule has 0 aliphatic carbocycles. The van der Waals surface area contributed by atoms with Crippen LogP contribution in [0.1, 0.15) is 21.8 Å². The molecule has 0 radical (unpaired) electrons. The van der Waals surface area contributed by atoms with E-state index in [9.17, 15) is 22.8 Å². The van der Waals surface area contributed by atoms with Gasteiger partial charge in [-0.2, -0.15) is 13.2 Å². The summed E-state index contributed by atoms with van der Waals surface area (Å²) >= 11 is 1.33. The molecule has 2 aliphatic heterocycles. The number of hydrogen-bond acceptors (Lipinski definition) is 5. The number of alkyl halides is 3. The summed E-state index contributed by atoms with van der Waals surface area (Å²) in [6, 6.07) is 12.4. The maximum Gasteiger partial charge on any atom is 0.416 e. The maximum atomic E-state index is 12.9. The van der Waals surface area contributed by atoms with E-state index in [4.69, 9.17) is 0 Å². The summed E-state index contributed by atoms with van der Waals surface area (Å²) in [5.74, 6) is -0.0373. The Morgan fingerprint density at radius 3 is 2.40 bits per heavy atom. The van der Waals surface area contributed by atoms with E-state index in [1.54, 1.807) is 21.4 Å². The Morgan fingerprint density at radius 1 is 1.00 bits per heavy atom. The maximum absolute atomic E-state index is 12.9. The van der Waals surface area contributed by atoms with Crippen molar-refractivity contribution in [2.75, 3.05) is 37.6 Å². The predicted molar refractivity (Wildman–Crippen MR) is 127 cm³/mol. The van der Waals surface area contributed by atoms with Gasteiger partial charge < -0.3 is 9.80 Å². The molecule has 3 aromatic rings. The van der Waals surface area contributed by atoms with Crippen LogP contribution in [0.25, 0.3) is 11.1 Å². The first-order chi connectivity index (χ1) is 16.8. The third kappa shape index (κ3) is 4.94. The molecule has 2 amide bonds. The molecule has 182 valence electrons. The third-order valence-electron chi connectivity index (χ3n) is 6.54. The van der Waals surface area contributed by atoms with Crippen LogP contribution in [-0.4, -0.2) is 65.4 Å². The molecule has 10 heteroatoms. The normalized spacial score (nSPS) is 19.4. The van der Waals surface area contributed by atoms with Gasteiger partial charge >= 0.3 is 6.18 Å². The van der Waals surface area contributed by atoms with E-state index in [0.29, 0.717) is 49.7 Å². The topological polar surface area (TPSA) is 56.8 Å². The van der Waals surface area contributed by atoms with Crippen molar-refractivity contribution in [1.82, 2.24) is 14.8 Å². The van der Waals surface area contributed by atoms with Gasteiger partial charge in [-0.05, 0) is 35.4 Å². The van der Waals surface area contributed by atoms with E-state index < -0.39 is 11.7 Å². The number of halogens is 3. The standard InChI is InChI=1S/C25H23F3N4O2S/c26-25(27,28)19-6-4-17(5-7-19)18-2-1-3-20(14-18)32-16-21(15-22(32)33)30-9-11-31(12-10-30)24(34)23-29-8-13-35-23/h1-8,13-14,21H,9-12,15-16H2. The number of piperazine rings is 1. The zero-order valence-electron chi connectivity index (χ0n) is 18.7. The lowest BCUT2D eigenvalue weighted by molar-refractivity contribution is -0.137. The number of carbonyl (C=O) groups is 2. The summed E-state index contributed by atoms with van der Waals surface area (Å²) in [5.41, 5.74) is 1.45. The number of benzene rings is 2. The van der Waals surface area contributed by atoms with Crippen molar-refractivity contribution in [3.8, 4) is 11.1 Å². The lowest BCUT2D eigenvalue weighted by Crippen LogP contribution is -2.52. The summed E-state index contributed by atoms with van der Waals surface area (Å²) in [6.07, 6.45) is -2.36. The van der Waals surface area contributed by atoms with Crippen molar-refractivity contribution in [3.63, 3.8) is 0 Å². The number of anilines is 1. The molecule has 2 saturated heterocycles. The van der Waals surface area contributed by atoms with Crippen LogP contribution in [0.15, 0.2) is 60.1 Å². The van der Waals surface area contributed by atoms with Crippen LogP contribution in [0.2, 0.25) is 0 Å². The second kappa shape index (κ2) is 9.43. The van der Waals surface area contributed by atoms with Gasteiger partial charge in [0.2, 0.25) is 5.91 Å². The van der Waals surface area contributed by atoms with Gasteiger partial charge in [-0.15, -0.1) is 11.3 Å². The molecule has 1 aromatic heterocycles. The molecule has 35 heavy (non-hydrogen) atoms. The van der Waals surface area contributed by atoms with Crippen molar-refractivity contribution < 1.29 is 22.8 Å². The van der Waals surface area contributed by atoms with Gasteiger partial charge in [0.25, 0.3) is 5.91 Å². The molecule has 2 aliphatic rings. The molecule has 0 bridgehead atoms. The molecule has 5 rings (SSSR count). The van der Waals surface area contributed by atoms with Crippen LogP contribution < -0.4 is 4.90 Å². The van der Waals surface area contributed by atoms with E-state index >= 15 is 0 Å². The third-order valence-corrected chi connectivity index (χ3v) is 7.30. The second-order valence-electron chi connectivity index (χ2n) is 8.65. The van der Waals surface area contributed by atoms with Gasteiger partial charge in [0.05, 0.1) is 5.56 Å². The first-order valence-electron chi connectivity index (χ1n) is 11.3. The number of carbonyl (C=O) groups excluding carboxylic acids is 2. The SMILES string of the molecule is O=C(c1nccs1)N1CCN(C2CC(=O)N(c3cccc(-c4ccc(C(F)(F)F)cc4)c3)C2)CC1. The number of amides is 2. The van der Waals surface area contributed by atoms with Gasteiger partial charge in [-0.1, -0.05) is 24.3 Å². The molecular formula is C25H23F3N4O2S. The summed E-state index contributed by atoms with van der Waals surface area (Å²) in [7, 11) is 0. The zero-order valence-corrected chi connectivity index (χ0v) is 19.6. The highest BCUT2D eigenvalue weighted by Gasteiger charge is 2.36. The predicted octanol–water partition coefficient (Wildman–Crippen LogP) is 4.39. The summed E-state index contributed by atoms with van der Waals surface area (Å²) in [4.78, 5) is 35.3. The zero-order chi connectivity index (χ0) is 24.6. The number of hydrogen-bond donors (Lipinski definition) is 0. The molecule has 2 fully saturated rings. The molecular weight excluding hydrogens is 477 g/mol. The number of rotatable bonds is 4. The highest BCUT2D eigenvalue weighted by Crippen LogP contribution is 2.33. The molecule has 0 N–H and O–H groups in total. The number of thiazole rings is 1. The Balaban J connectivity index is 1.24. The van der Waals surface area contributed by atoms with Gasteiger partial charge in [0, 0.05) is 62.5 Å². The number of aromatic nitrogens is 1. The summed E-state index contributed by atoms with van der Waals surface area (Å²) in [5, 5.41) is 2.28. The van der Waals surface area contributed by atoms with Crippen molar-refractivity contribution in [2.45, 2.75) is 18.6 Å². The smallest absolute Gasteiger partial charge is 0.334 e. The van der Waals surface area contributed by atoms with Crippen molar-refractivity contribution in [2.24, 2.45) is 0 Å². The van der Waals surface area contributed by atoms with Gasteiger partial charge in [-0.25, -0.2) is 4.98 Å². The highest BCUT2D eigenvalue weighted by atomic mass is 32.1. The summed E-state index contributed by atoms with van der Waals surface area (Å²) in [6.45, 7) is 3.09. The van der Waals surface area contributed by atoms with Crippen LogP contribution in [0.5, 0.6) is 0 Å². The molecule has 3 heterocycles. The van der Waals surface area contributed by atoms with Gasteiger partial charge in [-0.3, -0.25) is 14.5 Å². The lowest BCUT2D eigenvalue weighted by atomic mass is 10.0. The molecule has 0 spiro atoms. The van der Waals surface area contributed by atoms with Crippen molar-refractivity contribution >= 4 is 28.8 Å². The Hall–Kier alpha value is -3.24. The van der Waals surface area contributed by atoms with Crippen LogP contribution >= 0.6 is 11.3 Å².